The minimum Gasteiger partial charge on any atom is -0.427 e. The molecule has 1 aliphatic carbocycles. The molecule has 2 aromatic carbocycles. The summed E-state index contributed by atoms with van der Waals surface area (Å²) in [5.41, 5.74) is 2.25. The maximum absolute atomic E-state index is 13.9. The van der Waals surface area contributed by atoms with Crippen molar-refractivity contribution in [3.8, 4) is 0 Å². The van der Waals surface area contributed by atoms with Gasteiger partial charge in [0.2, 0.25) is 0 Å². The topological polar surface area (TPSA) is 68.5 Å². The Balaban J connectivity index is 1.57. The lowest BCUT2D eigenvalue weighted by Gasteiger charge is -2.43. The zero-order valence-corrected chi connectivity index (χ0v) is 26.6. The maximum Gasteiger partial charge on any atom is 0.349 e. The molecule has 5 nitrogen and oxygen atoms in total. The van der Waals surface area contributed by atoms with Gasteiger partial charge in [0.05, 0.1) is 12.3 Å². The van der Waals surface area contributed by atoms with Gasteiger partial charge >= 0.3 is 5.63 Å². The predicted octanol–water partition coefficient (Wildman–Crippen LogP) is 7.19. The van der Waals surface area contributed by atoms with E-state index in [1.165, 1.54) is 15.9 Å². The second kappa shape index (κ2) is 13.0. The van der Waals surface area contributed by atoms with Crippen LogP contribution >= 0.6 is 0 Å². The molecule has 1 aromatic heterocycles. The van der Waals surface area contributed by atoms with Crippen molar-refractivity contribution in [2.75, 3.05) is 11.9 Å². The Hall–Kier alpha value is -3.22. The van der Waals surface area contributed by atoms with E-state index in [0.29, 0.717) is 24.5 Å². The van der Waals surface area contributed by atoms with Gasteiger partial charge in [0.15, 0.2) is 5.78 Å². The lowest BCUT2D eigenvalue weighted by molar-refractivity contribution is 0.102. The number of fused-ring (bicyclic) bond motifs is 1. The van der Waals surface area contributed by atoms with Gasteiger partial charge in [-0.05, 0) is 65.9 Å². The third-order valence-electron chi connectivity index (χ3n) is 8.93. The summed E-state index contributed by atoms with van der Waals surface area (Å²) in [5, 5.41) is 5.99. The molecule has 0 amide bonds. The largest absolute Gasteiger partial charge is 0.427 e. The van der Waals surface area contributed by atoms with Crippen molar-refractivity contribution in [3.05, 3.63) is 99.6 Å². The highest BCUT2D eigenvalue weighted by Crippen LogP contribution is 2.38. The molecule has 0 spiro atoms. The van der Waals surface area contributed by atoms with E-state index in [0.717, 1.165) is 56.9 Å². The lowest BCUT2D eigenvalue weighted by Crippen LogP contribution is -2.67. The third-order valence-corrected chi connectivity index (χ3v) is 13.9. The summed E-state index contributed by atoms with van der Waals surface area (Å²) in [6.45, 7) is 9.44. The highest BCUT2D eigenvalue weighted by atomic mass is 28.4. The van der Waals surface area contributed by atoms with Gasteiger partial charge in [-0.25, -0.2) is 4.79 Å². The van der Waals surface area contributed by atoms with Gasteiger partial charge in [0.1, 0.15) is 11.3 Å². The molecular weight excluding hydrogens is 538 g/mol. The number of rotatable bonds is 8. The fourth-order valence-electron chi connectivity index (χ4n) is 6.77. The van der Waals surface area contributed by atoms with Crippen LogP contribution in [0.1, 0.15) is 95.2 Å². The molecule has 0 fully saturated rings. The minimum absolute atomic E-state index is 0.0761. The summed E-state index contributed by atoms with van der Waals surface area (Å²) in [5.74, 6) is 0.473. The number of unbranched alkanes of at least 4 members (excludes halogenated alkanes) is 1. The van der Waals surface area contributed by atoms with Crippen LogP contribution in [0.25, 0.3) is 0 Å². The Morgan fingerprint density at radius 3 is 2.19 bits per heavy atom. The zero-order chi connectivity index (χ0) is 29.7. The molecule has 0 saturated carbocycles. The van der Waals surface area contributed by atoms with Gasteiger partial charge in [-0.1, -0.05) is 100 Å². The second-order valence-electron chi connectivity index (χ2n) is 12.9. The molecule has 3 aromatic rings. The third kappa shape index (κ3) is 6.11. The first-order valence-electron chi connectivity index (χ1n) is 15.7. The standard InChI is InChI=1S/C36H45NO4Si/c1-5-6-16-28-24-32-33(35(39)41-28)34(38)31-21-14-13-15-26(31)22-23-27(37-32)25-40-42(36(2,3)4,29-17-9-7-10-18-29)30-19-11-8-12-20-30/h7-12,17-20,24,27,37H,5-6,13-16,21-23,25H2,1-4H3/t27-/m1/s1. The second-order valence-corrected chi connectivity index (χ2v) is 17.2. The number of carbonyl (C=O) groups excluding carboxylic acids is 1. The van der Waals surface area contributed by atoms with E-state index in [1.54, 1.807) is 0 Å². The molecule has 0 saturated heterocycles. The first-order chi connectivity index (χ1) is 20.2. The molecule has 42 heavy (non-hydrogen) atoms. The molecule has 1 aliphatic heterocycles. The molecule has 2 aliphatic rings. The fourth-order valence-corrected chi connectivity index (χ4v) is 11.4. The summed E-state index contributed by atoms with van der Waals surface area (Å²) in [6.07, 6.45) is 7.95. The SMILES string of the molecule is CCCCc1cc2c(c(=O)o1)C(=O)C1=C(CCCC1)CC[C@H](CO[Si](c1ccccc1)(c1ccccc1)C(C)(C)C)N2. The van der Waals surface area contributed by atoms with Gasteiger partial charge in [-0.15, -0.1) is 0 Å². The number of Topliss-reactive ketones (excluding diaryl/α,β-unsaturated/α-hetero) is 1. The normalized spacial score (nSPS) is 17.9. The van der Waals surface area contributed by atoms with E-state index in [9.17, 15) is 9.59 Å². The molecule has 222 valence electrons. The Bertz CT molecular complexity index is 1430. The average Bonchev–Trinajstić information content (AvgIpc) is 3.04. The van der Waals surface area contributed by atoms with Crippen LogP contribution in [0.5, 0.6) is 0 Å². The van der Waals surface area contributed by atoms with Crippen LogP contribution in [0.2, 0.25) is 5.04 Å². The van der Waals surface area contributed by atoms with Crippen molar-refractivity contribution in [1.82, 2.24) is 0 Å². The highest BCUT2D eigenvalue weighted by molar-refractivity contribution is 6.99. The number of anilines is 1. The van der Waals surface area contributed by atoms with Gasteiger partial charge < -0.3 is 14.2 Å². The van der Waals surface area contributed by atoms with Gasteiger partial charge in [0.25, 0.3) is 8.32 Å². The number of aryl methyl sites for hydroxylation is 1. The predicted molar refractivity (Wildman–Crippen MR) is 174 cm³/mol. The molecular formula is C36H45NO4Si. The molecule has 0 radical (unpaired) electrons. The fraction of sp³-hybridized carbons (Fsp3) is 0.444. The average molecular weight is 584 g/mol. The Morgan fingerprint density at radius 2 is 1.57 bits per heavy atom. The van der Waals surface area contributed by atoms with Crippen LogP contribution < -0.4 is 21.3 Å². The van der Waals surface area contributed by atoms with Crippen molar-refractivity contribution >= 4 is 30.2 Å². The number of hydrogen-bond donors (Lipinski definition) is 1. The number of hydrogen-bond acceptors (Lipinski definition) is 5. The van der Waals surface area contributed by atoms with Crippen molar-refractivity contribution in [2.24, 2.45) is 0 Å². The monoisotopic (exact) mass is 583 g/mol. The summed E-state index contributed by atoms with van der Waals surface area (Å²) >= 11 is 0. The van der Waals surface area contributed by atoms with Crippen LogP contribution in [0, 0.1) is 0 Å². The minimum atomic E-state index is -2.75. The Kier molecular flexibility index (Phi) is 9.34. The number of nitrogens with one attached hydrogen (secondary N) is 1. The number of benzene rings is 2. The van der Waals surface area contributed by atoms with Crippen LogP contribution in [0.4, 0.5) is 5.69 Å². The molecule has 1 atom stereocenters. The number of ketones is 1. The van der Waals surface area contributed by atoms with Crippen LogP contribution in [0.15, 0.2) is 87.1 Å². The Labute approximate surface area is 251 Å². The first-order valence-corrected chi connectivity index (χ1v) is 17.6. The molecule has 0 unspecified atom stereocenters. The highest BCUT2D eigenvalue weighted by Gasteiger charge is 2.50. The summed E-state index contributed by atoms with van der Waals surface area (Å²) in [6, 6.07) is 23.2. The number of allylic oxidation sites excluding steroid dienone is 2. The van der Waals surface area contributed by atoms with Crippen LogP contribution in [0.3, 0.4) is 0 Å². The van der Waals surface area contributed by atoms with Crippen molar-refractivity contribution in [2.45, 2.75) is 96.6 Å². The Morgan fingerprint density at radius 1 is 0.929 bits per heavy atom. The summed E-state index contributed by atoms with van der Waals surface area (Å²) < 4.78 is 13.0. The van der Waals surface area contributed by atoms with E-state index < -0.39 is 13.9 Å². The molecule has 2 heterocycles. The van der Waals surface area contributed by atoms with E-state index in [2.05, 4.69) is 93.7 Å². The van der Waals surface area contributed by atoms with Crippen molar-refractivity contribution < 1.29 is 13.6 Å². The van der Waals surface area contributed by atoms with E-state index >= 15 is 0 Å². The molecule has 6 heteroatoms. The van der Waals surface area contributed by atoms with Gasteiger partial charge in [-0.3, -0.25) is 4.79 Å². The zero-order valence-electron chi connectivity index (χ0n) is 25.6. The van der Waals surface area contributed by atoms with Gasteiger partial charge in [-0.2, -0.15) is 0 Å². The quantitative estimate of drug-likeness (QED) is 0.284. The first kappa shape index (κ1) is 30.2. The van der Waals surface area contributed by atoms with Crippen LogP contribution in [-0.2, 0) is 10.8 Å². The molecule has 0 bridgehead atoms. The van der Waals surface area contributed by atoms with Crippen molar-refractivity contribution in [1.29, 1.82) is 0 Å². The molecule has 1 N–H and O–H groups in total. The number of carbonyl (C=O) groups is 1. The lowest BCUT2D eigenvalue weighted by atomic mass is 9.85. The maximum atomic E-state index is 13.9. The summed E-state index contributed by atoms with van der Waals surface area (Å²) in [4.78, 5) is 27.2. The van der Waals surface area contributed by atoms with Crippen LogP contribution in [-0.4, -0.2) is 26.7 Å². The smallest absolute Gasteiger partial charge is 0.349 e. The van der Waals surface area contributed by atoms with Gasteiger partial charge in [0, 0.05) is 18.5 Å². The molecule has 5 rings (SSSR count). The van der Waals surface area contributed by atoms with E-state index in [-0.39, 0.29) is 22.4 Å². The van der Waals surface area contributed by atoms with E-state index in [1.807, 2.05) is 6.07 Å². The van der Waals surface area contributed by atoms with Crippen molar-refractivity contribution in [3.63, 3.8) is 0 Å². The summed E-state index contributed by atoms with van der Waals surface area (Å²) in [7, 11) is -2.75. The van der Waals surface area contributed by atoms with E-state index in [4.69, 9.17) is 8.84 Å².